The largest absolute Gasteiger partial charge is 0.294 e. The van der Waals surface area contributed by atoms with E-state index in [1.165, 1.54) is 22.7 Å². The van der Waals surface area contributed by atoms with Crippen molar-refractivity contribution in [1.82, 2.24) is 9.55 Å². The highest BCUT2D eigenvalue weighted by atomic mass is 32.2. The minimum absolute atomic E-state index is 0.163. The maximum atomic E-state index is 13.0. The van der Waals surface area contributed by atoms with Crippen LogP contribution in [-0.2, 0) is 22.8 Å². The molecule has 0 aliphatic heterocycles. The number of sulfone groups is 1. The van der Waals surface area contributed by atoms with Crippen molar-refractivity contribution in [2.75, 3.05) is 6.26 Å². The van der Waals surface area contributed by atoms with Crippen LogP contribution in [0.3, 0.4) is 0 Å². The number of fused-ring (bicyclic) bond motifs is 1. The monoisotopic (exact) mass is 442 g/mol. The molecule has 0 aliphatic rings. The van der Waals surface area contributed by atoms with Crippen LogP contribution >= 0.6 is 0 Å². The Labute approximate surface area is 187 Å². The normalized spacial score (nSPS) is 11.2. The first kappa shape index (κ1) is 21.5. The molecule has 0 saturated carbocycles. The fraction of sp³-hybridized carbons (Fsp3) is 0.154. The van der Waals surface area contributed by atoms with E-state index in [0.717, 1.165) is 16.7 Å². The molecule has 1 aromatic heterocycles. The molecular formula is C26H22N2O3S. The van der Waals surface area contributed by atoms with Gasteiger partial charge in [-0.1, -0.05) is 53.8 Å². The van der Waals surface area contributed by atoms with Crippen molar-refractivity contribution in [3.05, 3.63) is 106 Å². The fourth-order valence-electron chi connectivity index (χ4n) is 3.34. The summed E-state index contributed by atoms with van der Waals surface area (Å²) in [4.78, 5) is 17.7. The average Bonchev–Trinajstić information content (AvgIpc) is 2.77. The van der Waals surface area contributed by atoms with Gasteiger partial charge in [0, 0.05) is 18.2 Å². The van der Waals surface area contributed by atoms with Gasteiger partial charge >= 0.3 is 0 Å². The van der Waals surface area contributed by atoms with Crippen molar-refractivity contribution in [3.63, 3.8) is 0 Å². The third kappa shape index (κ3) is 4.96. The van der Waals surface area contributed by atoms with Gasteiger partial charge in [0.25, 0.3) is 5.56 Å². The molecule has 0 N–H and O–H groups in total. The summed E-state index contributed by atoms with van der Waals surface area (Å²) in [6.07, 6.45) is 3.32. The van der Waals surface area contributed by atoms with Crippen molar-refractivity contribution >= 4 is 20.7 Å². The Morgan fingerprint density at radius 1 is 0.938 bits per heavy atom. The molecule has 0 saturated heterocycles. The highest BCUT2D eigenvalue weighted by Gasteiger charge is 2.08. The lowest BCUT2D eigenvalue weighted by molar-refractivity contribution is 0.602. The molecule has 5 nitrogen and oxygen atoms in total. The topological polar surface area (TPSA) is 69.0 Å². The molecule has 4 rings (SSSR count). The van der Waals surface area contributed by atoms with Gasteiger partial charge in [-0.05, 0) is 48.4 Å². The van der Waals surface area contributed by atoms with E-state index < -0.39 is 9.84 Å². The third-order valence-corrected chi connectivity index (χ3v) is 6.30. The summed E-state index contributed by atoms with van der Waals surface area (Å²) < 4.78 is 24.8. The van der Waals surface area contributed by atoms with Crippen LogP contribution in [0.2, 0.25) is 0 Å². The van der Waals surface area contributed by atoms with Crippen LogP contribution in [0.4, 0.5) is 0 Å². The van der Waals surface area contributed by atoms with E-state index in [-0.39, 0.29) is 10.5 Å². The van der Waals surface area contributed by atoms with Crippen LogP contribution in [0.5, 0.6) is 0 Å². The van der Waals surface area contributed by atoms with Gasteiger partial charge in [0.15, 0.2) is 9.84 Å². The number of benzene rings is 3. The predicted octanol–water partition coefficient (Wildman–Crippen LogP) is 3.75. The van der Waals surface area contributed by atoms with Gasteiger partial charge < -0.3 is 0 Å². The van der Waals surface area contributed by atoms with Crippen LogP contribution in [-0.4, -0.2) is 24.2 Å². The van der Waals surface area contributed by atoms with Crippen molar-refractivity contribution in [3.8, 4) is 11.8 Å². The first-order chi connectivity index (χ1) is 15.3. The van der Waals surface area contributed by atoms with Crippen LogP contribution in [0, 0.1) is 18.8 Å². The van der Waals surface area contributed by atoms with Gasteiger partial charge in [0.05, 0.1) is 28.7 Å². The summed E-state index contributed by atoms with van der Waals surface area (Å²) in [5.41, 5.74) is 4.39. The predicted molar refractivity (Wildman–Crippen MR) is 126 cm³/mol. The Morgan fingerprint density at radius 3 is 2.31 bits per heavy atom. The van der Waals surface area contributed by atoms with Gasteiger partial charge in [-0.25, -0.2) is 13.4 Å². The molecule has 0 amide bonds. The summed E-state index contributed by atoms with van der Waals surface area (Å²) in [6.45, 7) is 2.35. The second kappa shape index (κ2) is 8.81. The van der Waals surface area contributed by atoms with E-state index in [9.17, 15) is 13.2 Å². The number of nitrogens with zero attached hydrogens (tertiary/aromatic N) is 2. The Hall–Kier alpha value is -3.69. The fourth-order valence-corrected chi connectivity index (χ4v) is 3.97. The van der Waals surface area contributed by atoms with E-state index in [2.05, 4.69) is 48.0 Å². The molecule has 0 aliphatic carbocycles. The molecule has 160 valence electrons. The second-order valence-corrected chi connectivity index (χ2v) is 9.81. The summed E-state index contributed by atoms with van der Waals surface area (Å²) in [5.74, 6) is 6.30. The Bertz CT molecular complexity index is 1510. The van der Waals surface area contributed by atoms with Crippen molar-refractivity contribution < 1.29 is 8.42 Å². The van der Waals surface area contributed by atoms with Crippen LogP contribution in [0.25, 0.3) is 10.9 Å². The van der Waals surface area contributed by atoms with E-state index in [0.29, 0.717) is 23.9 Å². The molecule has 3 aromatic carbocycles. The van der Waals surface area contributed by atoms with E-state index in [4.69, 9.17) is 0 Å². The second-order valence-electron chi connectivity index (χ2n) is 7.79. The smallest absolute Gasteiger partial charge is 0.261 e. The van der Waals surface area contributed by atoms with E-state index >= 15 is 0 Å². The van der Waals surface area contributed by atoms with Gasteiger partial charge in [-0.2, -0.15) is 0 Å². The summed E-state index contributed by atoms with van der Waals surface area (Å²) in [5, 5.41) is 0.502. The molecule has 0 atom stereocenters. The van der Waals surface area contributed by atoms with Gasteiger partial charge in [-0.15, -0.1) is 0 Å². The number of hydrogen-bond acceptors (Lipinski definition) is 4. The number of aryl methyl sites for hydroxylation is 1. The Balaban J connectivity index is 1.58. The molecule has 0 bridgehead atoms. The number of hydrogen-bond donors (Lipinski definition) is 0. The molecule has 1 heterocycles. The summed E-state index contributed by atoms with van der Waals surface area (Å²) in [7, 11) is -3.26. The number of rotatable bonds is 4. The molecule has 0 fully saturated rings. The van der Waals surface area contributed by atoms with Crippen LogP contribution in [0.1, 0.15) is 22.3 Å². The summed E-state index contributed by atoms with van der Waals surface area (Å²) >= 11 is 0. The maximum Gasteiger partial charge on any atom is 0.261 e. The minimum Gasteiger partial charge on any atom is -0.294 e. The molecule has 0 spiro atoms. The van der Waals surface area contributed by atoms with Gasteiger partial charge in [-0.3, -0.25) is 9.36 Å². The zero-order valence-corrected chi connectivity index (χ0v) is 18.7. The molecule has 6 heteroatoms. The van der Waals surface area contributed by atoms with E-state index in [1.54, 1.807) is 36.4 Å². The third-order valence-electron chi connectivity index (χ3n) is 5.17. The van der Waals surface area contributed by atoms with Gasteiger partial charge in [0.1, 0.15) is 0 Å². The molecule has 32 heavy (non-hydrogen) atoms. The van der Waals surface area contributed by atoms with Crippen LogP contribution in [0.15, 0.2) is 82.7 Å². The highest BCUT2D eigenvalue weighted by Crippen LogP contribution is 2.13. The highest BCUT2D eigenvalue weighted by molar-refractivity contribution is 7.90. The Morgan fingerprint density at radius 2 is 1.62 bits per heavy atom. The van der Waals surface area contributed by atoms with Crippen molar-refractivity contribution in [1.29, 1.82) is 0 Å². The number of aromatic nitrogens is 2. The molecule has 0 radical (unpaired) electrons. The maximum absolute atomic E-state index is 13.0. The Kier molecular flexibility index (Phi) is 5.93. The molecular weight excluding hydrogens is 420 g/mol. The first-order valence-electron chi connectivity index (χ1n) is 10.1. The lowest BCUT2D eigenvalue weighted by Gasteiger charge is -2.08. The molecule has 4 aromatic rings. The lowest BCUT2D eigenvalue weighted by Crippen LogP contribution is -2.21. The SMILES string of the molecule is Cc1ccc(CC#Cc2ccc3ncn(Cc4ccc(S(C)(=O)=O)cc4)c(=O)c3c2)cc1. The standard InChI is InChI=1S/C26H22N2O3S/c1-19-6-8-20(9-7-19)4-3-5-21-12-15-25-24(16-21)26(29)28(18-27-25)17-22-10-13-23(14-11-22)32(2,30)31/h6-16,18H,4,17H2,1-2H3. The minimum atomic E-state index is -3.26. The zero-order valence-electron chi connectivity index (χ0n) is 17.9. The average molecular weight is 443 g/mol. The van der Waals surface area contributed by atoms with Crippen molar-refractivity contribution in [2.24, 2.45) is 0 Å². The van der Waals surface area contributed by atoms with E-state index in [1.807, 2.05) is 6.07 Å². The van der Waals surface area contributed by atoms with Crippen LogP contribution < -0.4 is 5.56 Å². The molecule has 0 unspecified atom stereocenters. The zero-order chi connectivity index (χ0) is 22.7. The van der Waals surface area contributed by atoms with Crippen molar-refractivity contribution in [2.45, 2.75) is 24.8 Å². The first-order valence-corrected chi connectivity index (χ1v) is 12.0. The quantitative estimate of drug-likeness (QED) is 0.452. The lowest BCUT2D eigenvalue weighted by atomic mass is 10.1. The van der Waals surface area contributed by atoms with Gasteiger partial charge in [0.2, 0.25) is 0 Å². The summed E-state index contributed by atoms with van der Waals surface area (Å²) in [6, 6.07) is 20.2.